The third kappa shape index (κ3) is 2.33. The lowest BCUT2D eigenvalue weighted by molar-refractivity contribution is 0.0729. The fourth-order valence-corrected chi connectivity index (χ4v) is 2.42. The molecule has 0 aliphatic carbocycles. The van der Waals surface area contributed by atoms with E-state index in [1.54, 1.807) is 29.3 Å². The predicted molar refractivity (Wildman–Crippen MR) is 71.4 cm³/mol. The maximum absolute atomic E-state index is 12.4. The molecular formula is C13H10Cl2N2O2. The summed E-state index contributed by atoms with van der Waals surface area (Å²) in [4.78, 5) is 14.1. The van der Waals surface area contributed by atoms with Crippen LogP contribution in [0.25, 0.3) is 0 Å². The Labute approximate surface area is 119 Å². The lowest BCUT2D eigenvalue weighted by Crippen LogP contribution is -2.35. The normalized spacial score (nSPS) is 14.3. The first-order chi connectivity index (χ1) is 9.15. The number of carbonyl (C=O) groups excluding carboxylic acids is 1. The van der Waals surface area contributed by atoms with E-state index in [0.717, 1.165) is 11.3 Å². The monoisotopic (exact) mass is 296 g/mol. The molecular weight excluding hydrogens is 287 g/mol. The Bertz CT molecular complexity index is 639. The van der Waals surface area contributed by atoms with Gasteiger partial charge in [0.2, 0.25) is 0 Å². The van der Waals surface area contributed by atoms with Gasteiger partial charge in [-0.25, -0.2) is 0 Å². The first kappa shape index (κ1) is 12.5. The molecule has 0 radical (unpaired) electrons. The average molecular weight is 297 g/mol. The molecule has 0 fully saturated rings. The van der Waals surface area contributed by atoms with Crippen molar-refractivity contribution >= 4 is 29.1 Å². The van der Waals surface area contributed by atoms with Gasteiger partial charge in [-0.05, 0) is 18.2 Å². The molecule has 4 nitrogen and oxygen atoms in total. The highest BCUT2D eigenvalue weighted by Gasteiger charge is 2.24. The van der Waals surface area contributed by atoms with Gasteiger partial charge < -0.3 is 9.42 Å². The zero-order valence-electron chi connectivity index (χ0n) is 9.90. The predicted octanol–water partition coefficient (Wildman–Crippen LogP) is 3.18. The highest BCUT2D eigenvalue weighted by molar-refractivity contribution is 6.42. The number of carbonyl (C=O) groups is 1. The smallest absolute Gasteiger partial charge is 0.254 e. The van der Waals surface area contributed by atoms with Crippen LogP contribution >= 0.6 is 23.2 Å². The van der Waals surface area contributed by atoms with E-state index >= 15 is 0 Å². The van der Waals surface area contributed by atoms with E-state index in [1.165, 1.54) is 0 Å². The van der Waals surface area contributed by atoms with E-state index in [9.17, 15) is 4.79 Å². The number of amides is 1. The number of nitrogens with zero attached hydrogens (tertiary/aromatic N) is 2. The number of hydrogen-bond donors (Lipinski definition) is 0. The van der Waals surface area contributed by atoms with Gasteiger partial charge in [0.15, 0.2) is 0 Å². The van der Waals surface area contributed by atoms with Crippen LogP contribution in [0.5, 0.6) is 0 Å². The molecule has 3 rings (SSSR count). The average Bonchev–Trinajstić information content (AvgIpc) is 2.88. The van der Waals surface area contributed by atoms with Crippen molar-refractivity contribution in [3.8, 4) is 0 Å². The van der Waals surface area contributed by atoms with E-state index in [0.29, 0.717) is 35.1 Å². The summed E-state index contributed by atoms with van der Waals surface area (Å²) in [5, 5.41) is 4.57. The van der Waals surface area contributed by atoms with E-state index < -0.39 is 0 Å². The standard InChI is InChI=1S/C13H10Cl2N2O2/c14-10-2-1-8(5-11(10)15)13(18)17-4-3-12-9(7-17)6-16-19-12/h1-2,5-6H,3-4,7H2. The van der Waals surface area contributed by atoms with Crippen molar-refractivity contribution in [2.24, 2.45) is 0 Å². The minimum atomic E-state index is -0.0644. The molecule has 0 unspecified atom stereocenters. The van der Waals surface area contributed by atoms with Gasteiger partial charge in [0.25, 0.3) is 5.91 Å². The third-order valence-corrected chi connectivity index (χ3v) is 3.89. The number of rotatable bonds is 1. The van der Waals surface area contributed by atoms with Crippen LogP contribution in [0.1, 0.15) is 21.7 Å². The van der Waals surface area contributed by atoms with Crippen molar-refractivity contribution < 1.29 is 9.32 Å². The maximum atomic E-state index is 12.4. The fourth-order valence-electron chi connectivity index (χ4n) is 2.13. The van der Waals surface area contributed by atoms with Crippen molar-refractivity contribution in [1.82, 2.24) is 10.1 Å². The summed E-state index contributed by atoms with van der Waals surface area (Å²) in [5.74, 6) is 0.795. The Morgan fingerprint density at radius 1 is 1.32 bits per heavy atom. The van der Waals surface area contributed by atoms with E-state index in [-0.39, 0.29) is 5.91 Å². The van der Waals surface area contributed by atoms with Crippen molar-refractivity contribution in [1.29, 1.82) is 0 Å². The van der Waals surface area contributed by atoms with Crippen LogP contribution in [-0.2, 0) is 13.0 Å². The quantitative estimate of drug-likeness (QED) is 0.812. The molecule has 0 spiro atoms. The van der Waals surface area contributed by atoms with Gasteiger partial charge in [-0.1, -0.05) is 28.4 Å². The molecule has 19 heavy (non-hydrogen) atoms. The highest BCUT2D eigenvalue weighted by Crippen LogP contribution is 2.25. The van der Waals surface area contributed by atoms with Crippen LogP contribution in [0.4, 0.5) is 0 Å². The Morgan fingerprint density at radius 2 is 2.16 bits per heavy atom. The van der Waals surface area contributed by atoms with Gasteiger partial charge in [0.1, 0.15) is 5.76 Å². The number of fused-ring (bicyclic) bond motifs is 1. The maximum Gasteiger partial charge on any atom is 0.254 e. The number of benzene rings is 1. The van der Waals surface area contributed by atoms with Crippen molar-refractivity contribution in [2.45, 2.75) is 13.0 Å². The Morgan fingerprint density at radius 3 is 2.95 bits per heavy atom. The Hall–Kier alpha value is -1.52. The number of halogens is 2. The molecule has 6 heteroatoms. The van der Waals surface area contributed by atoms with E-state index in [2.05, 4.69) is 5.16 Å². The summed E-state index contributed by atoms with van der Waals surface area (Å²) in [6, 6.07) is 4.90. The molecule has 2 aromatic rings. The van der Waals surface area contributed by atoms with Crippen molar-refractivity contribution in [2.75, 3.05) is 6.54 Å². The van der Waals surface area contributed by atoms with E-state index in [4.69, 9.17) is 27.7 Å². The first-order valence-corrected chi connectivity index (χ1v) is 6.57. The summed E-state index contributed by atoms with van der Waals surface area (Å²) in [7, 11) is 0. The lowest BCUT2D eigenvalue weighted by atomic mass is 10.1. The molecule has 0 N–H and O–H groups in total. The highest BCUT2D eigenvalue weighted by atomic mass is 35.5. The van der Waals surface area contributed by atoms with Gasteiger partial charge >= 0.3 is 0 Å². The van der Waals surface area contributed by atoms with Crippen LogP contribution in [0.3, 0.4) is 0 Å². The zero-order chi connectivity index (χ0) is 13.4. The van der Waals surface area contributed by atoms with Crippen LogP contribution in [0, 0.1) is 0 Å². The summed E-state index contributed by atoms with van der Waals surface area (Å²) in [5.41, 5.74) is 1.49. The second kappa shape index (κ2) is 4.87. The molecule has 1 aromatic carbocycles. The molecule has 1 aliphatic rings. The van der Waals surface area contributed by atoms with Gasteiger partial charge in [-0.3, -0.25) is 4.79 Å². The third-order valence-electron chi connectivity index (χ3n) is 3.15. The minimum Gasteiger partial charge on any atom is -0.361 e. The second-order valence-electron chi connectivity index (χ2n) is 4.38. The Balaban J connectivity index is 1.83. The summed E-state index contributed by atoms with van der Waals surface area (Å²) < 4.78 is 5.10. The van der Waals surface area contributed by atoms with Gasteiger partial charge in [-0.15, -0.1) is 0 Å². The molecule has 1 aromatic heterocycles. The topological polar surface area (TPSA) is 46.3 Å². The molecule has 0 bridgehead atoms. The zero-order valence-corrected chi connectivity index (χ0v) is 11.4. The van der Waals surface area contributed by atoms with Crippen LogP contribution < -0.4 is 0 Å². The molecule has 98 valence electrons. The second-order valence-corrected chi connectivity index (χ2v) is 5.19. The summed E-state index contributed by atoms with van der Waals surface area (Å²) in [6.07, 6.45) is 2.34. The molecule has 1 amide bonds. The van der Waals surface area contributed by atoms with Gasteiger partial charge in [-0.2, -0.15) is 0 Å². The van der Waals surface area contributed by atoms with Crippen molar-refractivity contribution in [3.05, 3.63) is 51.3 Å². The lowest BCUT2D eigenvalue weighted by Gasteiger charge is -2.25. The van der Waals surface area contributed by atoms with E-state index in [1.807, 2.05) is 0 Å². The van der Waals surface area contributed by atoms with Gasteiger partial charge in [0.05, 0.1) is 22.8 Å². The van der Waals surface area contributed by atoms with Crippen molar-refractivity contribution in [3.63, 3.8) is 0 Å². The number of hydrogen-bond acceptors (Lipinski definition) is 3. The minimum absolute atomic E-state index is 0.0644. The summed E-state index contributed by atoms with van der Waals surface area (Å²) in [6.45, 7) is 1.12. The number of aromatic nitrogens is 1. The van der Waals surface area contributed by atoms with Crippen LogP contribution in [-0.4, -0.2) is 22.5 Å². The Kier molecular flexibility index (Phi) is 3.21. The molecule has 0 saturated carbocycles. The van der Waals surface area contributed by atoms with Crippen LogP contribution in [0.15, 0.2) is 28.9 Å². The molecule has 1 aliphatic heterocycles. The van der Waals surface area contributed by atoms with Gasteiger partial charge in [0, 0.05) is 24.1 Å². The fraction of sp³-hybridized carbons (Fsp3) is 0.231. The first-order valence-electron chi connectivity index (χ1n) is 5.82. The molecule has 0 atom stereocenters. The molecule has 2 heterocycles. The summed E-state index contributed by atoms with van der Waals surface area (Å²) >= 11 is 11.8. The molecule has 0 saturated heterocycles. The SMILES string of the molecule is O=C(c1ccc(Cl)c(Cl)c1)N1CCc2oncc2C1. The largest absolute Gasteiger partial charge is 0.361 e. The van der Waals surface area contributed by atoms with Crippen LogP contribution in [0.2, 0.25) is 10.0 Å².